The summed E-state index contributed by atoms with van der Waals surface area (Å²) in [5.41, 5.74) is -5.30. The van der Waals surface area contributed by atoms with Crippen LogP contribution in [0.2, 0.25) is 6.04 Å². The van der Waals surface area contributed by atoms with E-state index in [2.05, 4.69) is 3.87 Å². The third kappa shape index (κ3) is 3.54. The quantitative estimate of drug-likeness (QED) is 0.407. The van der Waals surface area contributed by atoms with Crippen molar-refractivity contribution in [1.82, 2.24) is 0 Å². The fourth-order valence-electron chi connectivity index (χ4n) is 0.269. The van der Waals surface area contributed by atoms with Crippen molar-refractivity contribution in [1.29, 1.82) is 0 Å². The van der Waals surface area contributed by atoms with Gasteiger partial charge in [-0.15, -0.1) is 0 Å². The maximum absolute atomic E-state index is 11.6. The molecule has 0 spiro atoms. The molecule has 0 fully saturated rings. The first kappa shape index (κ1) is 11.9. The molecule has 0 heterocycles. The van der Waals surface area contributed by atoms with Crippen molar-refractivity contribution in [2.45, 2.75) is 24.9 Å². The summed E-state index contributed by atoms with van der Waals surface area (Å²) in [5.74, 6) is 0. The summed E-state index contributed by atoms with van der Waals surface area (Å²) in [5, 5.41) is 0. The highest BCUT2D eigenvalue weighted by atomic mass is 32.2. The summed E-state index contributed by atoms with van der Waals surface area (Å²) >= 11 is 0. The minimum atomic E-state index is -5.36. The molecular weight excluding hydrogens is 213 g/mol. The van der Waals surface area contributed by atoms with Crippen LogP contribution < -0.4 is 0 Å². The zero-order valence-corrected chi connectivity index (χ0v) is 8.00. The van der Waals surface area contributed by atoms with Crippen LogP contribution >= 0.6 is 0 Å². The second-order valence-electron chi connectivity index (χ2n) is 1.88. The lowest BCUT2D eigenvalue weighted by atomic mass is 10.6. The van der Waals surface area contributed by atoms with E-state index < -0.39 is 25.4 Å². The van der Waals surface area contributed by atoms with Gasteiger partial charge in [-0.2, -0.15) is 21.6 Å². The zero-order chi connectivity index (χ0) is 9.83. The summed E-state index contributed by atoms with van der Waals surface area (Å²) in [6, 6.07) is 0.315. The minimum absolute atomic E-state index is 0.315. The predicted molar refractivity (Wildman–Crippen MR) is 36.9 cm³/mol. The van der Waals surface area contributed by atoms with Gasteiger partial charge in [0.05, 0.1) is 0 Å². The molecule has 8 heteroatoms. The smallest absolute Gasteiger partial charge is 0.309 e. The lowest BCUT2D eigenvalue weighted by Crippen LogP contribution is -2.26. The molecule has 12 heavy (non-hydrogen) atoms. The van der Waals surface area contributed by atoms with E-state index in [-0.39, 0.29) is 0 Å². The van der Waals surface area contributed by atoms with Gasteiger partial charge >= 0.3 is 15.6 Å². The minimum Gasteiger partial charge on any atom is -0.309 e. The Hall–Kier alpha value is -0.0831. The first-order valence-corrected chi connectivity index (χ1v) is 5.56. The fourth-order valence-corrected chi connectivity index (χ4v) is 1.80. The molecule has 0 rings (SSSR count). The van der Waals surface area contributed by atoms with E-state index >= 15 is 0 Å². The summed E-state index contributed by atoms with van der Waals surface area (Å²) in [6.45, 7) is 1.72. The van der Waals surface area contributed by atoms with E-state index in [0.717, 1.165) is 0 Å². The lowest BCUT2D eigenvalue weighted by Gasteiger charge is -2.06. The van der Waals surface area contributed by atoms with Crippen molar-refractivity contribution in [2.24, 2.45) is 0 Å². The Morgan fingerprint density at radius 3 is 2.25 bits per heavy atom. The van der Waals surface area contributed by atoms with E-state index in [1.807, 2.05) is 0 Å². The molecule has 0 amide bonds. The number of alkyl halides is 3. The van der Waals surface area contributed by atoms with Gasteiger partial charge in [0.2, 0.25) is 0 Å². The average molecular weight is 220 g/mol. The Kier molecular flexibility index (Phi) is 4.21. The van der Waals surface area contributed by atoms with Gasteiger partial charge < -0.3 is 3.87 Å². The third-order valence-electron chi connectivity index (χ3n) is 0.804. The van der Waals surface area contributed by atoms with Crippen LogP contribution in [0.4, 0.5) is 13.2 Å². The van der Waals surface area contributed by atoms with Crippen LogP contribution in [0.25, 0.3) is 0 Å². The third-order valence-corrected chi connectivity index (χ3v) is 3.42. The highest BCUT2D eigenvalue weighted by molar-refractivity contribution is 7.88. The largest absolute Gasteiger partial charge is 0.522 e. The molecular formula is C4H7F3O3SSi. The number of hydrogen-bond acceptors (Lipinski definition) is 3. The van der Waals surface area contributed by atoms with Crippen molar-refractivity contribution in [2.75, 3.05) is 0 Å². The molecule has 0 atom stereocenters. The van der Waals surface area contributed by atoms with Gasteiger partial charge in [-0.3, -0.25) is 0 Å². The van der Waals surface area contributed by atoms with Gasteiger partial charge in [-0.1, -0.05) is 13.3 Å². The standard InChI is InChI=1S/C4H7F3O3SSi/c1-2-3-12-10-11(8,9)4(5,6)7/h2-3H2,1H3. The molecule has 0 unspecified atom stereocenters. The van der Waals surface area contributed by atoms with Crippen molar-refractivity contribution in [3.8, 4) is 0 Å². The first-order chi connectivity index (χ1) is 5.31. The molecule has 0 aromatic rings. The van der Waals surface area contributed by atoms with E-state index in [4.69, 9.17) is 0 Å². The van der Waals surface area contributed by atoms with Gasteiger partial charge in [0.15, 0.2) is 0 Å². The summed E-state index contributed by atoms with van der Waals surface area (Å²) in [4.78, 5) is 0. The number of halogens is 3. The van der Waals surface area contributed by atoms with Crippen LogP contribution in [0.3, 0.4) is 0 Å². The van der Waals surface area contributed by atoms with E-state index in [1.165, 1.54) is 0 Å². The molecule has 2 radical (unpaired) electrons. The van der Waals surface area contributed by atoms with E-state index in [1.54, 1.807) is 6.92 Å². The van der Waals surface area contributed by atoms with Gasteiger partial charge in [0.1, 0.15) is 0 Å². The van der Waals surface area contributed by atoms with Crippen molar-refractivity contribution >= 4 is 19.9 Å². The SMILES string of the molecule is CCC[Si]OS(=O)(=O)C(F)(F)F. The van der Waals surface area contributed by atoms with Crippen LogP contribution in [0.5, 0.6) is 0 Å². The summed E-state index contributed by atoms with van der Waals surface area (Å²) in [6.07, 6.45) is 0.589. The fraction of sp³-hybridized carbons (Fsp3) is 1.00. The van der Waals surface area contributed by atoms with Crippen molar-refractivity contribution in [3.05, 3.63) is 0 Å². The molecule has 0 aliphatic rings. The van der Waals surface area contributed by atoms with E-state index in [0.29, 0.717) is 12.5 Å². The number of hydrogen-bond donors (Lipinski definition) is 0. The second-order valence-corrected chi connectivity index (χ2v) is 4.70. The maximum atomic E-state index is 11.6. The molecule has 0 aliphatic carbocycles. The second kappa shape index (κ2) is 4.24. The normalized spacial score (nSPS) is 13.3. The average Bonchev–Trinajstić information content (AvgIpc) is 1.85. The number of rotatable bonds is 4. The summed E-state index contributed by atoms with van der Waals surface area (Å²) < 4.78 is 58.7. The molecule has 0 aromatic heterocycles. The van der Waals surface area contributed by atoms with Crippen molar-refractivity contribution in [3.63, 3.8) is 0 Å². The molecule has 3 nitrogen and oxygen atoms in total. The van der Waals surface area contributed by atoms with Crippen LogP contribution in [0, 0.1) is 0 Å². The Morgan fingerprint density at radius 2 is 1.92 bits per heavy atom. The molecule has 0 N–H and O–H groups in total. The molecule has 0 saturated heterocycles. The molecule has 0 aromatic carbocycles. The molecule has 0 bridgehead atoms. The molecule has 0 saturated carbocycles. The zero-order valence-electron chi connectivity index (χ0n) is 6.18. The highest BCUT2D eigenvalue weighted by Crippen LogP contribution is 2.24. The predicted octanol–water partition coefficient (Wildman–Crippen LogP) is 1.30. The van der Waals surface area contributed by atoms with Gasteiger partial charge in [0.25, 0.3) is 9.76 Å². The van der Waals surface area contributed by atoms with Crippen molar-refractivity contribution < 1.29 is 25.5 Å². The van der Waals surface area contributed by atoms with Gasteiger partial charge in [-0.05, 0) is 6.04 Å². The van der Waals surface area contributed by atoms with Crippen LogP contribution in [0.1, 0.15) is 13.3 Å². The summed E-state index contributed by atoms with van der Waals surface area (Å²) in [7, 11) is -6.01. The molecule has 72 valence electrons. The first-order valence-electron chi connectivity index (χ1n) is 3.04. The van der Waals surface area contributed by atoms with Gasteiger partial charge in [0, 0.05) is 0 Å². The molecule has 0 aliphatic heterocycles. The van der Waals surface area contributed by atoms with Crippen LogP contribution in [-0.4, -0.2) is 23.7 Å². The van der Waals surface area contributed by atoms with Gasteiger partial charge in [-0.25, -0.2) is 0 Å². The Balaban J connectivity index is 4.08. The monoisotopic (exact) mass is 220 g/mol. The lowest BCUT2D eigenvalue weighted by molar-refractivity contribution is -0.0499. The Morgan fingerprint density at radius 1 is 1.42 bits per heavy atom. The Labute approximate surface area is 71.0 Å². The highest BCUT2D eigenvalue weighted by Gasteiger charge is 2.46. The van der Waals surface area contributed by atoms with E-state index in [9.17, 15) is 21.6 Å². The van der Waals surface area contributed by atoms with Crippen LogP contribution in [0.15, 0.2) is 0 Å². The topological polar surface area (TPSA) is 43.4 Å². The van der Waals surface area contributed by atoms with Crippen LogP contribution in [-0.2, 0) is 14.0 Å². The maximum Gasteiger partial charge on any atom is 0.522 e. The Bertz CT molecular complexity index is 222.